The van der Waals surface area contributed by atoms with Crippen LogP contribution in [0.3, 0.4) is 0 Å². The van der Waals surface area contributed by atoms with Gasteiger partial charge >= 0.3 is 12.2 Å². The quantitative estimate of drug-likeness (QED) is 0.138. The number of rotatable bonds is 13. The lowest BCUT2D eigenvalue weighted by Crippen LogP contribution is -2.40. The van der Waals surface area contributed by atoms with Crippen LogP contribution in [0.4, 0.5) is 26.7 Å². The fourth-order valence-electron chi connectivity index (χ4n) is 3.40. The number of hydrogen-bond acceptors (Lipinski definition) is 9. The SMILES string of the molecule is [C-]#[N+]/C(C#N)=C(/C(C#N)=Nc1ccc(N(CC)CC)cc1NC(C)=O)N(C(=O)OCCCC)C(=O)OCCCC. The molecule has 0 saturated carbocycles. The van der Waals surface area contributed by atoms with E-state index in [1.54, 1.807) is 30.3 Å². The molecule has 0 aliphatic carbocycles. The van der Waals surface area contributed by atoms with E-state index < -0.39 is 35.2 Å². The van der Waals surface area contributed by atoms with Crippen LogP contribution in [0.1, 0.15) is 60.3 Å². The monoisotopic (exact) mass is 549 g/mol. The van der Waals surface area contributed by atoms with Gasteiger partial charge in [-0.15, -0.1) is 0 Å². The van der Waals surface area contributed by atoms with E-state index >= 15 is 0 Å². The fraction of sp³-hybridized carbons (Fsp3) is 0.464. The van der Waals surface area contributed by atoms with Crippen LogP contribution >= 0.6 is 0 Å². The Kier molecular flexibility index (Phi) is 14.6. The Labute approximate surface area is 235 Å². The van der Waals surface area contributed by atoms with Gasteiger partial charge in [-0.25, -0.2) is 24.7 Å². The highest BCUT2D eigenvalue weighted by Gasteiger charge is 2.34. The molecule has 212 valence electrons. The average molecular weight is 550 g/mol. The third-order valence-electron chi connectivity index (χ3n) is 5.46. The minimum absolute atomic E-state index is 0.0419. The molecule has 0 aliphatic rings. The first-order valence-corrected chi connectivity index (χ1v) is 13.0. The summed E-state index contributed by atoms with van der Waals surface area (Å²) in [6, 6.07) is 8.34. The lowest BCUT2D eigenvalue weighted by molar-refractivity contribution is -0.114. The van der Waals surface area contributed by atoms with Gasteiger partial charge in [0.05, 0.1) is 37.2 Å². The van der Waals surface area contributed by atoms with Crippen molar-refractivity contribution in [1.29, 1.82) is 10.5 Å². The summed E-state index contributed by atoms with van der Waals surface area (Å²) in [6.07, 6.45) is -0.0528. The minimum atomic E-state index is -1.22. The lowest BCUT2D eigenvalue weighted by atomic mass is 10.2. The molecule has 0 aliphatic heterocycles. The lowest BCUT2D eigenvalue weighted by Gasteiger charge is -2.23. The van der Waals surface area contributed by atoms with E-state index in [9.17, 15) is 24.9 Å². The largest absolute Gasteiger partial charge is 0.449 e. The van der Waals surface area contributed by atoms with Crippen LogP contribution in [0, 0.1) is 29.2 Å². The first kappa shape index (κ1) is 33.1. The number of amides is 3. The van der Waals surface area contributed by atoms with Gasteiger partial charge in [-0.2, -0.15) is 10.2 Å². The summed E-state index contributed by atoms with van der Waals surface area (Å²) in [5.74, 6) is -0.401. The highest BCUT2D eigenvalue weighted by molar-refractivity contribution is 6.17. The number of nitrogens with one attached hydrogen (secondary N) is 1. The molecule has 0 spiro atoms. The fourth-order valence-corrected chi connectivity index (χ4v) is 3.40. The number of unbranched alkanes of at least 4 members (excludes halogenated alkanes) is 2. The second-order valence-electron chi connectivity index (χ2n) is 8.32. The van der Waals surface area contributed by atoms with Gasteiger partial charge in [0.2, 0.25) is 5.91 Å². The number of nitriles is 2. The van der Waals surface area contributed by atoms with E-state index in [4.69, 9.17) is 16.0 Å². The highest BCUT2D eigenvalue weighted by Crippen LogP contribution is 2.32. The molecule has 0 atom stereocenters. The normalized spacial score (nSPS) is 11.2. The molecule has 0 aromatic heterocycles. The van der Waals surface area contributed by atoms with Crippen molar-refractivity contribution in [1.82, 2.24) is 4.90 Å². The van der Waals surface area contributed by atoms with Crippen LogP contribution in [0.5, 0.6) is 0 Å². The van der Waals surface area contributed by atoms with Crippen molar-refractivity contribution >= 4 is 40.9 Å². The number of carbonyl (C=O) groups excluding carboxylic acids is 3. The summed E-state index contributed by atoms with van der Waals surface area (Å²) in [5, 5.41) is 22.4. The topological polar surface area (TPSA) is 152 Å². The van der Waals surface area contributed by atoms with E-state index in [1.807, 2.05) is 32.6 Å². The summed E-state index contributed by atoms with van der Waals surface area (Å²) in [5.41, 5.74) is -0.907. The molecule has 1 rings (SSSR count). The van der Waals surface area contributed by atoms with Crippen molar-refractivity contribution in [2.75, 3.05) is 36.5 Å². The molecule has 1 aromatic carbocycles. The van der Waals surface area contributed by atoms with Crippen LogP contribution in [-0.4, -0.2) is 55.0 Å². The number of carbonyl (C=O) groups is 3. The standard InChI is InChI=1S/C28H35N7O5/c1-7-11-15-39-27(37)35(28(38)40-16-12-8-2)26(24(18-29)31-6)25(19-30)33-22-14-13-21(34(9-3)10-4)17-23(22)32-20(5)36/h13-14,17H,7-12,15-16H2,1-5H3,(H,32,36)/b26-24-,33-25?. The van der Waals surface area contributed by atoms with Crippen molar-refractivity contribution in [3.63, 3.8) is 0 Å². The number of nitrogens with zero attached hydrogens (tertiary/aromatic N) is 6. The molecule has 40 heavy (non-hydrogen) atoms. The minimum Gasteiger partial charge on any atom is -0.449 e. The molecular formula is C28H35N7O5. The Morgan fingerprint density at radius 2 is 1.57 bits per heavy atom. The molecule has 1 N–H and O–H groups in total. The number of hydrogen-bond donors (Lipinski definition) is 1. The first-order valence-electron chi connectivity index (χ1n) is 13.0. The van der Waals surface area contributed by atoms with Gasteiger partial charge in [-0.3, -0.25) is 4.79 Å². The van der Waals surface area contributed by atoms with E-state index in [2.05, 4.69) is 15.2 Å². The van der Waals surface area contributed by atoms with Gasteiger partial charge in [-0.1, -0.05) is 26.7 Å². The number of ether oxygens (including phenoxy) is 2. The zero-order chi connectivity index (χ0) is 30.1. The number of benzene rings is 1. The second-order valence-corrected chi connectivity index (χ2v) is 8.32. The Balaban J connectivity index is 3.87. The molecule has 0 unspecified atom stereocenters. The Hall–Kier alpha value is -4.89. The zero-order valence-electron chi connectivity index (χ0n) is 23.6. The summed E-state index contributed by atoms with van der Waals surface area (Å²) >= 11 is 0. The van der Waals surface area contributed by atoms with Crippen LogP contribution < -0.4 is 10.2 Å². The van der Waals surface area contributed by atoms with E-state index in [0.29, 0.717) is 43.7 Å². The molecule has 3 amide bonds. The van der Waals surface area contributed by atoms with Gasteiger partial charge < -0.3 is 19.7 Å². The molecule has 1 aromatic rings. The van der Waals surface area contributed by atoms with Crippen molar-refractivity contribution in [3.8, 4) is 12.1 Å². The molecular weight excluding hydrogens is 514 g/mol. The number of anilines is 2. The second kappa shape index (κ2) is 17.6. The van der Waals surface area contributed by atoms with Crippen molar-refractivity contribution in [2.45, 2.75) is 60.3 Å². The van der Waals surface area contributed by atoms with Gasteiger partial charge in [0.25, 0.3) is 5.70 Å². The molecule has 0 bridgehead atoms. The summed E-state index contributed by atoms with van der Waals surface area (Å²) in [7, 11) is 0. The molecule has 0 heterocycles. The number of allylic oxidation sites excluding steroid dienone is 2. The maximum Gasteiger partial charge on any atom is 0.422 e. The van der Waals surface area contributed by atoms with Gasteiger partial charge in [0.15, 0.2) is 5.71 Å². The van der Waals surface area contributed by atoms with Crippen LogP contribution in [0.2, 0.25) is 0 Å². The Morgan fingerprint density at radius 3 is 2.00 bits per heavy atom. The van der Waals surface area contributed by atoms with Crippen molar-refractivity contribution in [3.05, 3.63) is 41.0 Å². The van der Waals surface area contributed by atoms with Crippen molar-refractivity contribution in [2.24, 2.45) is 4.99 Å². The van der Waals surface area contributed by atoms with Gasteiger partial charge in [0.1, 0.15) is 11.8 Å². The number of aliphatic imine (C=N–C) groups is 1. The van der Waals surface area contributed by atoms with Gasteiger partial charge in [0, 0.05) is 25.7 Å². The predicted octanol–water partition coefficient (Wildman–Crippen LogP) is 5.92. The molecule has 12 heteroatoms. The predicted molar refractivity (Wildman–Crippen MR) is 151 cm³/mol. The van der Waals surface area contributed by atoms with Gasteiger partial charge in [-0.05, 0) is 44.9 Å². The third-order valence-corrected chi connectivity index (χ3v) is 5.46. The summed E-state index contributed by atoms with van der Waals surface area (Å²) < 4.78 is 10.4. The smallest absolute Gasteiger partial charge is 0.422 e. The average Bonchev–Trinajstić information content (AvgIpc) is 2.93. The molecule has 12 nitrogen and oxygen atoms in total. The van der Waals surface area contributed by atoms with Crippen molar-refractivity contribution < 1.29 is 23.9 Å². The molecule has 0 fully saturated rings. The van der Waals surface area contributed by atoms with Crippen LogP contribution in [0.25, 0.3) is 4.85 Å². The van der Waals surface area contributed by atoms with Crippen LogP contribution in [-0.2, 0) is 14.3 Å². The zero-order valence-corrected chi connectivity index (χ0v) is 23.6. The Morgan fingerprint density at radius 1 is 1.00 bits per heavy atom. The van der Waals surface area contributed by atoms with E-state index in [1.165, 1.54) is 6.92 Å². The third kappa shape index (κ3) is 9.45. The first-order chi connectivity index (χ1) is 19.2. The highest BCUT2D eigenvalue weighted by atomic mass is 16.6. The summed E-state index contributed by atoms with van der Waals surface area (Å²) in [4.78, 5) is 47.9. The van der Waals surface area contributed by atoms with E-state index in [-0.39, 0.29) is 24.6 Å². The Bertz CT molecular complexity index is 1210. The maximum atomic E-state index is 13.1. The summed E-state index contributed by atoms with van der Waals surface area (Å²) in [6.45, 7) is 17.8. The maximum absolute atomic E-state index is 13.1. The molecule has 0 saturated heterocycles. The van der Waals surface area contributed by atoms with E-state index in [0.717, 1.165) is 5.69 Å². The van der Waals surface area contributed by atoms with Crippen LogP contribution in [0.15, 0.2) is 34.6 Å². The number of imide groups is 1. The molecule has 0 radical (unpaired) electrons.